The molecular weight excluding hydrogens is 611 g/mol. The number of imidazole rings is 1. The second-order valence-corrected chi connectivity index (χ2v) is 9.27. The first-order valence-electron chi connectivity index (χ1n) is 11.1. The number of halogens is 4. The molecule has 1 N–H and O–H groups in total. The molecule has 0 radical (unpaired) electrons. The van der Waals surface area contributed by atoms with E-state index in [1.165, 1.54) is 4.90 Å². The number of carbonyl (C=O) groups is 3. The summed E-state index contributed by atoms with van der Waals surface area (Å²) in [4.78, 5) is 41.9. The smallest absolute Gasteiger partial charge is 0.306 e. The van der Waals surface area contributed by atoms with Crippen molar-refractivity contribution in [1.29, 1.82) is 0 Å². The van der Waals surface area contributed by atoms with Gasteiger partial charge in [-0.15, -0.1) is 12.4 Å². The maximum absolute atomic E-state index is 12.7. The fourth-order valence-electron chi connectivity index (χ4n) is 3.33. The van der Waals surface area contributed by atoms with Gasteiger partial charge in [-0.05, 0) is 54.0 Å². The van der Waals surface area contributed by atoms with Crippen LogP contribution in [0.25, 0.3) is 5.65 Å². The standard InChI is InChI=1S/C24H25BrCl2N4O5.ClH/c1-4-35-21(34)10-9-19(32)28-12-20(33)30(3)17-8-7-16(26)15(22(17)27)13-36-18-6-5-11-31-23(25)14(2)29-24(18)31;/h5-8,11H,4,9-10,12-13H2,1-3H3,(H,28,32);1H. The minimum atomic E-state index is -0.467. The Morgan fingerprint density at radius 1 is 1.19 bits per heavy atom. The molecule has 0 atom stereocenters. The predicted octanol–water partition coefficient (Wildman–Crippen LogP) is 5.14. The van der Waals surface area contributed by atoms with E-state index in [2.05, 4.69) is 26.2 Å². The van der Waals surface area contributed by atoms with Crippen molar-refractivity contribution < 1.29 is 23.9 Å². The third-order valence-corrected chi connectivity index (χ3v) is 7.02. The van der Waals surface area contributed by atoms with Crippen LogP contribution in [0.4, 0.5) is 5.69 Å². The monoisotopic (exact) mass is 634 g/mol. The van der Waals surface area contributed by atoms with Crippen molar-refractivity contribution >= 4 is 80.7 Å². The molecule has 2 heterocycles. The van der Waals surface area contributed by atoms with Crippen molar-refractivity contribution in [3.05, 3.63) is 56.4 Å². The van der Waals surface area contributed by atoms with Crippen molar-refractivity contribution in [2.45, 2.75) is 33.3 Å². The fraction of sp³-hybridized carbons (Fsp3) is 0.333. The fourth-order valence-corrected chi connectivity index (χ4v) is 4.31. The molecule has 0 spiro atoms. The van der Waals surface area contributed by atoms with Crippen molar-refractivity contribution in [1.82, 2.24) is 14.7 Å². The third-order valence-electron chi connectivity index (χ3n) is 5.29. The molecule has 200 valence electrons. The molecule has 37 heavy (non-hydrogen) atoms. The zero-order valence-corrected chi connectivity index (χ0v) is 24.3. The number of benzene rings is 1. The van der Waals surface area contributed by atoms with E-state index in [4.69, 9.17) is 32.7 Å². The number of anilines is 1. The summed E-state index contributed by atoms with van der Waals surface area (Å²) in [5.41, 5.74) is 2.36. The van der Waals surface area contributed by atoms with Crippen LogP contribution in [0.5, 0.6) is 5.75 Å². The van der Waals surface area contributed by atoms with Gasteiger partial charge in [-0.2, -0.15) is 0 Å². The van der Waals surface area contributed by atoms with Gasteiger partial charge in [0.2, 0.25) is 11.8 Å². The Bertz CT molecular complexity index is 1300. The van der Waals surface area contributed by atoms with Gasteiger partial charge in [0.15, 0.2) is 11.4 Å². The minimum Gasteiger partial charge on any atom is -0.485 e. The number of nitrogens with one attached hydrogen (secondary N) is 1. The van der Waals surface area contributed by atoms with Crippen LogP contribution in [0.1, 0.15) is 31.0 Å². The second-order valence-electron chi connectivity index (χ2n) is 7.74. The van der Waals surface area contributed by atoms with Gasteiger partial charge in [-0.1, -0.05) is 23.2 Å². The van der Waals surface area contributed by atoms with E-state index in [1.54, 1.807) is 32.2 Å². The van der Waals surface area contributed by atoms with E-state index in [9.17, 15) is 14.4 Å². The van der Waals surface area contributed by atoms with E-state index in [0.717, 1.165) is 10.3 Å². The first-order valence-corrected chi connectivity index (χ1v) is 12.6. The zero-order chi connectivity index (χ0) is 26.4. The van der Waals surface area contributed by atoms with Gasteiger partial charge < -0.3 is 19.7 Å². The zero-order valence-electron chi connectivity index (χ0n) is 20.3. The Balaban J connectivity index is 0.00000481. The molecule has 0 aliphatic heterocycles. The van der Waals surface area contributed by atoms with Crippen LogP contribution < -0.4 is 15.0 Å². The number of fused-ring (bicyclic) bond motifs is 1. The number of nitrogens with zero attached hydrogens (tertiary/aromatic N) is 3. The number of hydrogen-bond donors (Lipinski definition) is 1. The summed E-state index contributed by atoms with van der Waals surface area (Å²) in [5, 5.41) is 3.13. The number of rotatable bonds is 10. The molecule has 0 fully saturated rings. The Morgan fingerprint density at radius 2 is 1.92 bits per heavy atom. The lowest BCUT2D eigenvalue weighted by molar-refractivity contribution is -0.144. The molecule has 13 heteroatoms. The molecular formula is C24H26BrCl3N4O5. The van der Waals surface area contributed by atoms with Crippen LogP contribution in [0.2, 0.25) is 10.0 Å². The Hall–Kier alpha value is -2.53. The normalized spacial score (nSPS) is 10.5. The number of hydrogen-bond acceptors (Lipinski definition) is 6. The summed E-state index contributed by atoms with van der Waals surface area (Å²) in [6.07, 6.45) is 1.74. The minimum absolute atomic E-state index is 0. The molecule has 0 unspecified atom stereocenters. The van der Waals surface area contributed by atoms with Crippen LogP contribution in [0.3, 0.4) is 0 Å². The maximum Gasteiger partial charge on any atom is 0.306 e. The van der Waals surface area contributed by atoms with Gasteiger partial charge >= 0.3 is 5.97 Å². The topological polar surface area (TPSA) is 102 Å². The van der Waals surface area contributed by atoms with E-state index in [1.807, 2.05) is 23.6 Å². The number of carbonyl (C=O) groups excluding carboxylic acids is 3. The number of esters is 1. The molecule has 0 aliphatic carbocycles. The van der Waals surface area contributed by atoms with Gasteiger partial charge in [0.25, 0.3) is 0 Å². The van der Waals surface area contributed by atoms with E-state index < -0.39 is 17.8 Å². The van der Waals surface area contributed by atoms with Crippen molar-refractivity contribution in [3.63, 3.8) is 0 Å². The van der Waals surface area contributed by atoms with Crippen molar-refractivity contribution in [2.24, 2.45) is 0 Å². The SMILES string of the molecule is CCOC(=O)CCC(=O)NCC(=O)N(C)c1ccc(Cl)c(COc2cccn3c(Br)c(C)nc23)c1Cl.Cl. The largest absolute Gasteiger partial charge is 0.485 e. The lowest BCUT2D eigenvalue weighted by atomic mass is 10.2. The number of aromatic nitrogens is 2. The second kappa shape index (κ2) is 13.9. The molecule has 2 aromatic heterocycles. The first-order chi connectivity index (χ1) is 17.1. The van der Waals surface area contributed by atoms with Gasteiger partial charge in [-0.25, -0.2) is 4.98 Å². The molecule has 3 rings (SSSR count). The number of pyridine rings is 1. The molecule has 0 bridgehead atoms. The average Bonchev–Trinajstić information content (AvgIpc) is 3.15. The lowest BCUT2D eigenvalue weighted by Crippen LogP contribution is -2.38. The predicted molar refractivity (Wildman–Crippen MR) is 148 cm³/mol. The van der Waals surface area contributed by atoms with E-state index in [0.29, 0.717) is 27.7 Å². The third kappa shape index (κ3) is 7.50. The van der Waals surface area contributed by atoms with Crippen LogP contribution in [0.15, 0.2) is 35.1 Å². The van der Waals surface area contributed by atoms with Crippen LogP contribution in [0, 0.1) is 6.92 Å². The van der Waals surface area contributed by atoms with Crippen LogP contribution >= 0.6 is 51.5 Å². The first kappa shape index (κ1) is 30.7. The number of likely N-dealkylation sites (N-methyl/N-ethyl adjacent to an activating group) is 1. The molecule has 9 nitrogen and oxygen atoms in total. The highest BCUT2D eigenvalue weighted by Crippen LogP contribution is 2.35. The highest BCUT2D eigenvalue weighted by molar-refractivity contribution is 9.10. The molecule has 0 aliphatic rings. The molecule has 0 saturated carbocycles. The van der Waals surface area contributed by atoms with Crippen molar-refractivity contribution in [3.8, 4) is 5.75 Å². The summed E-state index contributed by atoms with van der Waals surface area (Å²) in [5.74, 6) is -0.765. The number of ether oxygens (including phenoxy) is 2. The van der Waals surface area contributed by atoms with Gasteiger partial charge in [-0.3, -0.25) is 18.8 Å². The van der Waals surface area contributed by atoms with Crippen LogP contribution in [-0.4, -0.2) is 47.4 Å². The Labute approximate surface area is 238 Å². The molecule has 0 saturated heterocycles. The number of aryl methyl sites for hydroxylation is 1. The average molecular weight is 637 g/mol. The lowest BCUT2D eigenvalue weighted by Gasteiger charge is -2.21. The summed E-state index contributed by atoms with van der Waals surface area (Å²) in [6.45, 7) is 3.59. The maximum atomic E-state index is 12.7. The Morgan fingerprint density at radius 3 is 2.62 bits per heavy atom. The van der Waals surface area contributed by atoms with Gasteiger partial charge in [0, 0.05) is 30.3 Å². The quantitative estimate of drug-likeness (QED) is 0.310. The van der Waals surface area contributed by atoms with Crippen molar-refractivity contribution in [2.75, 3.05) is 25.1 Å². The summed E-state index contributed by atoms with van der Waals surface area (Å²) in [7, 11) is 1.54. The molecule has 1 aromatic carbocycles. The Kier molecular flexibility index (Phi) is 11.5. The molecule has 3 aromatic rings. The van der Waals surface area contributed by atoms with Gasteiger partial charge in [0.1, 0.15) is 11.2 Å². The van der Waals surface area contributed by atoms with E-state index >= 15 is 0 Å². The summed E-state index contributed by atoms with van der Waals surface area (Å²) in [6, 6.07) is 6.87. The highest BCUT2D eigenvalue weighted by Gasteiger charge is 2.20. The van der Waals surface area contributed by atoms with Gasteiger partial charge in [0.05, 0.1) is 36.0 Å². The summed E-state index contributed by atoms with van der Waals surface area (Å²) >= 11 is 16.5. The summed E-state index contributed by atoms with van der Waals surface area (Å²) < 4.78 is 13.5. The number of amides is 2. The van der Waals surface area contributed by atoms with Crippen LogP contribution in [-0.2, 0) is 25.7 Å². The highest BCUT2D eigenvalue weighted by atomic mass is 79.9. The molecule has 2 amide bonds. The van der Waals surface area contributed by atoms with E-state index in [-0.39, 0.29) is 50.0 Å².